The van der Waals surface area contributed by atoms with Crippen LogP contribution in [0.2, 0.25) is 0 Å². The molecule has 0 saturated carbocycles. The largest absolute Gasteiger partial charge is 0.344 e. The van der Waals surface area contributed by atoms with Crippen LogP contribution >= 0.6 is 0 Å². The average Bonchev–Trinajstić information content (AvgIpc) is 2.75. The molecule has 1 fully saturated rings. The maximum Gasteiger partial charge on any atom is 0.315 e. The zero-order valence-corrected chi connectivity index (χ0v) is 12.5. The number of urea groups is 1. The van der Waals surface area contributed by atoms with Crippen LogP contribution in [0.1, 0.15) is 18.9 Å². The number of nitrogens with one attached hydrogen (secondary N) is 2. The van der Waals surface area contributed by atoms with Crippen molar-refractivity contribution in [2.75, 3.05) is 13.6 Å². The first-order valence-electron chi connectivity index (χ1n) is 7.13. The molecule has 5 nitrogen and oxygen atoms in total. The Balaban J connectivity index is 1.88. The topological polar surface area (TPSA) is 61.4 Å². The number of nitrogens with zero attached hydrogens (tertiary/aromatic N) is 1. The van der Waals surface area contributed by atoms with E-state index in [-0.39, 0.29) is 17.9 Å². The summed E-state index contributed by atoms with van der Waals surface area (Å²) in [5.74, 6) is -1.41. The number of likely N-dealkylation sites (N-methyl/N-ethyl adjacent to an activating group) is 1. The second-order valence-corrected chi connectivity index (χ2v) is 5.52. The molecule has 3 amide bonds. The molecule has 22 heavy (non-hydrogen) atoms. The minimum Gasteiger partial charge on any atom is -0.344 e. The lowest BCUT2D eigenvalue weighted by Crippen LogP contribution is -2.48. The number of halogens is 2. The molecule has 2 rings (SSSR count). The highest BCUT2D eigenvalue weighted by molar-refractivity contribution is 5.88. The van der Waals surface area contributed by atoms with Crippen molar-refractivity contribution >= 4 is 11.9 Å². The van der Waals surface area contributed by atoms with Crippen LogP contribution in [0, 0.1) is 11.6 Å². The van der Waals surface area contributed by atoms with Crippen LogP contribution in [0.3, 0.4) is 0 Å². The molecule has 120 valence electrons. The predicted molar refractivity (Wildman–Crippen MR) is 77.2 cm³/mol. The van der Waals surface area contributed by atoms with E-state index in [2.05, 4.69) is 10.6 Å². The standard InChI is InChI=1S/C15H19F2N3O2/c1-9(8-10-11(16)4-3-5-12(10)17)18-15(22)19-13-6-7-20(2)14(13)21/h3-5,9,13H,6-8H2,1-2H3,(H2,18,19,22)/t9-,13+/m0/s1. The van der Waals surface area contributed by atoms with Crippen molar-refractivity contribution in [2.45, 2.75) is 31.8 Å². The molecule has 1 saturated heterocycles. The maximum atomic E-state index is 13.6. The smallest absolute Gasteiger partial charge is 0.315 e. The van der Waals surface area contributed by atoms with E-state index in [1.807, 2.05) is 0 Å². The highest BCUT2D eigenvalue weighted by Crippen LogP contribution is 2.14. The van der Waals surface area contributed by atoms with Gasteiger partial charge in [0.1, 0.15) is 17.7 Å². The third kappa shape index (κ3) is 3.72. The molecular formula is C15H19F2N3O2. The fraction of sp³-hybridized carbons (Fsp3) is 0.467. The van der Waals surface area contributed by atoms with Crippen LogP contribution in [0.25, 0.3) is 0 Å². The summed E-state index contributed by atoms with van der Waals surface area (Å²) in [7, 11) is 1.67. The molecule has 1 aliphatic rings. The van der Waals surface area contributed by atoms with Gasteiger partial charge < -0.3 is 15.5 Å². The number of carbonyl (C=O) groups is 2. The van der Waals surface area contributed by atoms with Crippen molar-refractivity contribution in [3.63, 3.8) is 0 Å². The van der Waals surface area contributed by atoms with E-state index in [9.17, 15) is 18.4 Å². The molecule has 2 atom stereocenters. The first-order valence-corrected chi connectivity index (χ1v) is 7.13. The summed E-state index contributed by atoms with van der Waals surface area (Å²) in [5, 5.41) is 5.17. The summed E-state index contributed by atoms with van der Waals surface area (Å²) in [6.45, 7) is 2.24. The highest BCUT2D eigenvalue weighted by atomic mass is 19.1. The molecule has 2 N–H and O–H groups in total. The maximum absolute atomic E-state index is 13.6. The molecule has 0 aromatic heterocycles. The fourth-order valence-corrected chi connectivity index (χ4v) is 2.46. The minimum absolute atomic E-state index is 0.0322. The van der Waals surface area contributed by atoms with Gasteiger partial charge in [0.2, 0.25) is 5.91 Å². The van der Waals surface area contributed by atoms with Gasteiger partial charge in [0, 0.05) is 25.2 Å². The Morgan fingerprint density at radius 2 is 2.05 bits per heavy atom. The van der Waals surface area contributed by atoms with Crippen molar-refractivity contribution in [3.8, 4) is 0 Å². The summed E-state index contributed by atoms with van der Waals surface area (Å²) in [6, 6.07) is 2.12. The number of amides is 3. The van der Waals surface area contributed by atoms with E-state index >= 15 is 0 Å². The van der Waals surface area contributed by atoms with Gasteiger partial charge >= 0.3 is 6.03 Å². The number of rotatable bonds is 4. The number of carbonyl (C=O) groups excluding carboxylic acids is 2. The van der Waals surface area contributed by atoms with Gasteiger partial charge in [-0.2, -0.15) is 0 Å². The van der Waals surface area contributed by atoms with Gasteiger partial charge in [-0.25, -0.2) is 13.6 Å². The molecule has 7 heteroatoms. The summed E-state index contributed by atoms with van der Waals surface area (Å²) in [4.78, 5) is 25.1. The van der Waals surface area contributed by atoms with Crippen LogP contribution in [-0.2, 0) is 11.2 Å². The molecule has 0 aliphatic carbocycles. The molecular weight excluding hydrogens is 292 g/mol. The number of benzene rings is 1. The molecule has 1 aliphatic heterocycles. The summed E-state index contributed by atoms with van der Waals surface area (Å²) >= 11 is 0. The number of hydrogen-bond donors (Lipinski definition) is 2. The average molecular weight is 311 g/mol. The molecule has 1 heterocycles. The van der Waals surface area contributed by atoms with E-state index in [1.54, 1.807) is 18.9 Å². The number of likely N-dealkylation sites (tertiary alicyclic amines) is 1. The Hall–Kier alpha value is -2.18. The SMILES string of the molecule is C[C@@H](Cc1c(F)cccc1F)NC(=O)N[C@@H]1CCN(C)C1=O. The zero-order valence-electron chi connectivity index (χ0n) is 12.5. The van der Waals surface area contributed by atoms with E-state index in [1.165, 1.54) is 18.2 Å². The molecule has 1 aromatic rings. The Bertz CT molecular complexity index is 560. The second-order valence-electron chi connectivity index (χ2n) is 5.52. The van der Waals surface area contributed by atoms with Crippen LogP contribution in [-0.4, -0.2) is 42.5 Å². The van der Waals surface area contributed by atoms with Crippen molar-refractivity contribution in [3.05, 3.63) is 35.4 Å². The van der Waals surface area contributed by atoms with Crippen LogP contribution in [0.15, 0.2) is 18.2 Å². The van der Waals surface area contributed by atoms with Gasteiger partial charge in [-0.05, 0) is 31.9 Å². The first kappa shape index (κ1) is 16.2. The monoisotopic (exact) mass is 311 g/mol. The Morgan fingerprint density at radius 1 is 1.41 bits per heavy atom. The van der Waals surface area contributed by atoms with Gasteiger partial charge in [0.25, 0.3) is 0 Å². The van der Waals surface area contributed by atoms with Crippen LogP contribution in [0.4, 0.5) is 13.6 Å². The second kappa shape index (κ2) is 6.72. The Labute approximate surface area is 127 Å². The molecule has 0 radical (unpaired) electrons. The highest BCUT2D eigenvalue weighted by Gasteiger charge is 2.30. The summed E-state index contributed by atoms with van der Waals surface area (Å²) < 4.78 is 27.1. The lowest BCUT2D eigenvalue weighted by atomic mass is 10.1. The molecule has 0 spiro atoms. The van der Waals surface area contributed by atoms with E-state index in [4.69, 9.17) is 0 Å². The third-order valence-corrected chi connectivity index (χ3v) is 3.68. The van der Waals surface area contributed by atoms with Crippen LogP contribution < -0.4 is 10.6 Å². The van der Waals surface area contributed by atoms with E-state index in [0.29, 0.717) is 13.0 Å². The lowest BCUT2D eigenvalue weighted by Gasteiger charge is -2.17. The van der Waals surface area contributed by atoms with E-state index in [0.717, 1.165) is 0 Å². The van der Waals surface area contributed by atoms with Gasteiger partial charge in [-0.15, -0.1) is 0 Å². The van der Waals surface area contributed by atoms with Gasteiger partial charge in [0.15, 0.2) is 0 Å². The van der Waals surface area contributed by atoms with Crippen molar-refractivity contribution < 1.29 is 18.4 Å². The fourth-order valence-electron chi connectivity index (χ4n) is 2.46. The third-order valence-electron chi connectivity index (χ3n) is 3.68. The van der Waals surface area contributed by atoms with E-state index < -0.39 is 29.7 Å². The quantitative estimate of drug-likeness (QED) is 0.883. The minimum atomic E-state index is -0.637. The summed E-state index contributed by atoms with van der Waals surface area (Å²) in [6.07, 6.45) is 0.587. The van der Waals surface area contributed by atoms with Gasteiger partial charge in [-0.3, -0.25) is 4.79 Å². The molecule has 1 aromatic carbocycles. The Morgan fingerprint density at radius 3 is 2.59 bits per heavy atom. The zero-order chi connectivity index (χ0) is 16.3. The van der Waals surface area contributed by atoms with Gasteiger partial charge in [0.05, 0.1) is 0 Å². The number of hydrogen-bond acceptors (Lipinski definition) is 2. The first-order chi connectivity index (χ1) is 10.4. The van der Waals surface area contributed by atoms with Gasteiger partial charge in [-0.1, -0.05) is 6.07 Å². The van der Waals surface area contributed by atoms with Crippen molar-refractivity contribution in [1.82, 2.24) is 15.5 Å². The lowest BCUT2D eigenvalue weighted by molar-refractivity contribution is -0.128. The Kier molecular flexibility index (Phi) is 4.95. The molecule has 0 bridgehead atoms. The van der Waals surface area contributed by atoms with Crippen LogP contribution in [0.5, 0.6) is 0 Å². The predicted octanol–water partition coefficient (Wildman–Crippen LogP) is 1.43. The summed E-state index contributed by atoms with van der Waals surface area (Å²) in [5.41, 5.74) is -0.0630. The molecule has 0 unspecified atom stereocenters. The van der Waals surface area contributed by atoms with Crippen molar-refractivity contribution in [1.29, 1.82) is 0 Å². The normalized spacial score (nSPS) is 19.2. The van der Waals surface area contributed by atoms with Crippen molar-refractivity contribution in [2.24, 2.45) is 0 Å².